The Hall–Kier alpha value is 0.0900. The highest BCUT2D eigenvalue weighted by Crippen LogP contribution is 2.33. The molecule has 1 aromatic rings. The van der Waals surface area contributed by atoms with Gasteiger partial charge in [-0.15, -0.1) is 11.3 Å². The molecule has 1 amide bonds. The molecule has 1 fully saturated rings. The monoisotopic (exact) mass is 408 g/mol. The molecule has 2 heterocycles. The first-order chi connectivity index (χ1) is 9.11. The summed E-state index contributed by atoms with van der Waals surface area (Å²) in [5, 5.41) is 3.41. The molecule has 1 aliphatic rings. The minimum absolute atomic E-state index is 0.143. The molecule has 0 aliphatic carbocycles. The molecule has 0 aromatic carbocycles. The third kappa shape index (κ3) is 4.03. The number of hydrogen-bond acceptors (Lipinski definition) is 3. The van der Waals surface area contributed by atoms with Crippen LogP contribution in [0.1, 0.15) is 29.4 Å². The zero-order valence-corrected chi connectivity index (χ0v) is 14.9. The van der Waals surface area contributed by atoms with Crippen molar-refractivity contribution in [2.24, 2.45) is 5.92 Å². The molecule has 3 nitrogen and oxygen atoms in total. The van der Waals surface area contributed by atoms with Crippen molar-refractivity contribution in [3.8, 4) is 0 Å². The maximum atomic E-state index is 12.5. The third-order valence-electron chi connectivity index (χ3n) is 3.40. The fourth-order valence-corrected chi connectivity index (χ4v) is 4.36. The van der Waals surface area contributed by atoms with Gasteiger partial charge in [-0.3, -0.25) is 4.79 Å². The average molecular weight is 410 g/mol. The largest absolute Gasteiger partial charge is 0.338 e. The van der Waals surface area contributed by atoms with E-state index in [9.17, 15) is 4.79 Å². The summed E-state index contributed by atoms with van der Waals surface area (Å²) in [6, 6.07) is 1.90. The fourth-order valence-electron chi connectivity index (χ4n) is 2.35. The molecule has 2 rings (SSSR count). The van der Waals surface area contributed by atoms with Gasteiger partial charge in [0.2, 0.25) is 0 Å². The second kappa shape index (κ2) is 7.20. The Labute approximate surface area is 135 Å². The summed E-state index contributed by atoms with van der Waals surface area (Å²) < 4.78 is 1.93. The lowest BCUT2D eigenvalue weighted by Crippen LogP contribution is -2.40. The van der Waals surface area contributed by atoms with Crippen LogP contribution in [0.25, 0.3) is 0 Å². The SMILES string of the molecule is CCN(CC1CCCNC1)C(=O)c1cc(Br)c(Br)s1. The standard InChI is InChI=1S/C13H18Br2N2OS/c1-2-17(8-9-4-3-5-16-7-9)13(18)11-6-10(14)12(15)19-11/h6,9,16H,2-5,7-8H2,1H3. The topological polar surface area (TPSA) is 32.3 Å². The second-order valence-electron chi connectivity index (χ2n) is 4.79. The zero-order chi connectivity index (χ0) is 13.8. The highest BCUT2D eigenvalue weighted by Gasteiger charge is 2.22. The predicted molar refractivity (Wildman–Crippen MR) is 86.9 cm³/mol. The van der Waals surface area contributed by atoms with E-state index in [2.05, 4.69) is 37.2 Å². The van der Waals surface area contributed by atoms with Crippen molar-refractivity contribution in [2.45, 2.75) is 19.8 Å². The Morgan fingerprint density at radius 1 is 1.58 bits per heavy atom. The second-order valence-corrected chi connectivity index (χ2v) is 8.01. The zero-order valence-electron chi connectivity index (χ0n) is 10.9. The lowest BCUT2D eigenvalue weighted by atomic mass is 9.99. The van der Waals surface area contributed by atoms with Crippen molar-refractivity contribution in [2.75, 3.05) is 26.2 Å². The van der Waals surface area contributed by atoms with Gasteiger partial charge in [0.05, 0.1) is 8.66 Å². The molecule has 1 unspecified atom stereocenters. The molecular formula is C13H18Br2N2OS. The van der Waals surface area contributed by atoms with E-state index in [1.807, 2.05) is 17.9 Å². The van der Waals surface area contributed by atoms with Crippen molar-refractivity contribution >= 4 is 49.1 Å². The van der Waals surface area contributed by atoms with E-state index in [0.29, 0.717) is 5.92 Å². The van der Waals surface area contributed by atoms with Crippen LogP contribution in [-0.4, -0.2) is 37.0 Å². The molecule has 1 saturated heterocycles. The number of carbonyl (C=O) groups is 1. The van der Waals surface area contributed by atoms with Gasteiger partial charge in [0.15, 0.2) is 0 Å². The van der Waals surface area contributed by atoms with Crippen LogP contribution in [0.4, 0.5) is 0 Å². The number of rotatable bonds is 4. The van der Waals surface area contributed by atoms with Crippen molar-refractivity contribution in [1.29, 1.82) is 0 Å². The highest BCUT2D eigenvalue weighted by molar-refractivity contribution is 9.13. The average Bonchev–Trinajstić information content (AvgIpc) is 2.76. The minimum atomic E-state index is 0.143. The number of hydrogen-bond donors (Lipinski definition) is 1. The Morgan fingerprint density at radius 2 is 2.37 bits per heavy atom. The van der Waals surface area contributed by atoms with Crippen LogP contribution < -0.4 is 5.32 Å². The van der Waals surface area contributed by atoms with Gasteiger partial charge < -0.3 is 10.2 Å². The van der Waals surface area contributed by atoms with Crippen LogP contribution in [-0.2, 0) is 0 Å². The van der Waals surface area contributed by atoms with Gasteiger partial charge in [-0.25, -0.2) is 0 Å². The Morgan fingerprint density at radius 3 is 2.89 bits per heavy atom. The highest BCUT2D eigenvalue weighted by atomic mass is 79.9. The molecule has 1 N–H and O–H groups in total. The quantitative estimate of drug-likeness (QED) is 0.821. The van der Waals surface area contributed by atoms with E-state index in [1.54, 1.807) is 0 Å². The molecular weight excluding hydrogens is 392 g/mol. The van der Waals surface area contributed by atoms with Crippen molar-refractivity contribution in [3.05, 3.63) is 19.2 Å². The number of piperidine rings is 1. The Bertz CT molecular complexity index is 424. The number of halogens is 2. The van der Waals surface area contributed by atoms with Gasteiger partial charge >= 0.3 is 0 Å². The summed E-state index contributed by atoms with van der Waals surface area (Å²) in [5.41, 5.74) is 0. The van der Waals surface area contributed by atoms with Gasteiger partial charge in [-0.2, -0.15) is 0 Å². The van der Waals surface area contributed by atoms with E-state index >= 15 is 0 Å². The summed E-state index contributed by atoms with van der Waals surface area (Å²) in [5.74, 6) is 0.731. The number of nitrogens with zero attached hydrogens (tertiary/aromatic N) is 1. The van der Waals surface area contributed by atoms with Gasteiger partial charge in [0.25, 0.3) is 5.91 Å². The minimum Gasteiger partial charge on any atom is -0.338 e. The molecule has 1 atom stereocenters. The molecule has 0 spiro atoms. The van der Waals surface area contributed by atoms with Crippen LogP contribution in [0, 0.1) is 5.92 Å². The van der Waals surface area contributed by atoms with Gasteiger partial charge in [0.1, 0.15) is 0 Å². The van der Waals surface area contributed by atoms with Crippen molar-refractivity contribution < 1.29 is 4.79 Å². The van der Waals surface area contributed by atoms with Gasteiger partial charge in [0, 0.05) is 17.6 Å². The maximum absolute atomic E-state index is 12.5. The Balaban J connectivity index is 2.01. The predicted octanol–water partition coefficient (Wildman–Crippen LogP) is 3.73. The maximum Gasteiger partial charge on any atom is 0.264 e. The van der Waals surface area contributed by atoms with E-state index in [0.717, 1.165) is 39.3 Å². The summed E-state index contributed by atoms with van der Waals surface area (Å²) in [4.78, 5) is 15.2. The van der Waals surface area contributed by atoms with Crippen molar-refractivity contribution in [3.63, 3.8) is 0 Å². The number of nitrogens with one attached hydrogen (secondary N) is 1. The molecule has 0 bridgehead atoms. The normalized spacial score (nSPS) is 19.4. The van der Waals surface area contributed by atoms with Crippen LogP contribution in [0.2, 0.25) is 0 Å². The van der Waals surface area contributed by atoms with Crippen LogP contribution in [0.3, 0.4) is 0 Å². The first-order valence-electron chi connectivity index (χ1n) is 6.56. The molecule has 1 aromatic heterocycles. The summed E-state index contributed by atoms with van der Waals surface area (Å²) in [6.45, 7) is 5.81. The molecule has 1 aliphatic heterocycles. The number of carbonyl (C=O) groups excluding carboxylic acids is 1. The first-order valence-corrected chi connectivity index (χ1v) is 8.97. The Kier molecular flexibility index (Phi) is 5.87. The van der Waals surface area contributed by atoms with E-state index in [1.165, 1.54) is 24.2 Å². The molecule has 0 saturated carbocycles. The van der Waals surface area contributed by atoms with E-state index in [-0.39, 0.29) is 5.91 Å². The van der Waals surface area contributed by atoms with Crippen molar-refractivity contribution in [1.82, 2.24) is 10.2 Å². The number of thiophene rings is 1. The van der Waals surface area contributed by atoms with E-state index in [4.69, 9.17) is 0 Å². The van der Waals surface area contributed by atoms with Gasteiger partial charge in [-0.1, -0.05) is 0 Å². The first kappa shape index (κ1) is 15.5. The molecule has 19 heavy (non-hydrogen) atoms. The molecule has 6 heteroatoms. The lowest BCUT2D eigenvalue weighted by molar-refractivity contribution is 0.0734. The van der Waals surface area contributed by atoms with Crippen LogP contribution >= 0.6 is 43.2 Å². The summed E-state index contributed by atoms with van der Waals surface area (Å²) >= 11 is 8.37. The fraction of sp³-hybridized carbons (Fsp3) is 0.615. The lowest BCUT2D eigenvalue weighted by Gasteiger charge is -2.29. The van der Waals surface area contributed by atoms with Crippen LogP contribution in [0.5, 0.6) is 0 Å². The molecule has 106 valence electrons. The van der Waals surface area contributed by atoms with Crippen LogP contribution in [0.15, 0.2) is 14.3 Å². The summed E-state index contributed by atoms with van der Waals surface area (Å²) in [6.07, 6.45) is 2.43. The van der Waals surface area contributed by atoms with E-state index < -0.39 is 0 Å². The summed E-state index contributed by atoms with van der Waals surface area (Å²) in [7, 11) is 0. The smallest absolute Gasteiger partial charge is 0.264 e. The third-order valence-corrected chi connectivity index (χ3v) is 6.65. The van der Waals surface area contributed by atoms with Gasteiger partial charge in [-0.05, 0) is 76.7 Å². The number of amides is 1. The molecule has 0 radical (unpaired) electrons.